The van der Waals surface area contributed by atoms with Crippen LogP contribution >= 0.6 is 0 Å². The zero-order valence-corrected chi connectivity index (χ0v) is 21.5. The molecule has 1 amide bonds. The van der Waals surface area contributed by atoms with Gasteiger partial charge in [-0.25, -0.2) is 19.6 Å². The first kappa shape index (κ1) is 23.7. The summed E-state index contributed by atoms with van der Waals surface area (Å²) in [5, 5.41) is 7.53. The fraction of sp³-hybridized carbons (Fsp3) is 0.133. The zero-order chi connectivity index (χ0) is 27.1. The predicted molar refractivity (Wildman–Crippen MR) is 151 cm³/mol. The van der Waals surface area contributed by atoms with Crippen molar-refractivity contribution in [1.82, 2.24) is 39.6 Å². The fourth-order valence-electron chi connectivity index (χ4n) is 5.32. The molecule has 196 valence electrons. The van der Waals surface area contributed by atoms with E-state index in [1.807, 2.05) is 65.4 Å². The van der Waals surface area contributed by atoms with E-state index < -0.39 is 0 Å². The number of anilines is 1. The number of nitrogens with one attached hydrogen (secondary N) is 1. The van der Waals surface area contributed by atoms with E-state index in [0.717, 1.165) is 40.9 Å². The van der Waals surface area contributed by atoms with Gasteiger partial charge in [-0.2, -0.15) is 5.10 Å². The molecule has 0 saturated carbocycles. The van der Waals surface area contributed by atoms with Gasteiger partial charge in [0, 0.05) is 36.2 Å². The van der Waals surface area contributed by atoms with Gasteiger partial charge in [-0.1, -0.05) is 12.1 Å². The van der Waals surface area contributed by atoms with Crippen molar-refractivity contribution in [2.45, 2.75) is 25.3 Å². The monoisotopic (exact) mass is 527 g/mol. The van der Waals surface area contributed by atoms with E-state index in [9.17, 15) is 4.79 Å². The van der Waals surface area contributed by atoms with Gasteiger partial charge in [-0.05, 0) is 78.6 Å². The molecule has 3 N–H and O–H groups in total. The molecular formula is C30H25N9O. The van der Waals surface area contributed by atoms with Crippen LogP contribution in [0.3, 0.4) is 0 Å². The molecule has 0 fully saturated rings. The summed E-state index contributed by atoms with van der Waals surface area (Å²) in [5.41, 5.74) is 12.4. The highest BCUT2D eigenvalue weighted by atomic mass is 16.1. The largest absolute Gasteiger partial charge is 0.383 e. The van der Waals surface area contributed by atoms with Gasteiger partial charge in [-0.3, -0.25) is 14.3 Å². The standard InChI is InChI=1S/C30H25N9O/c31-28-23(6-3-14-33-28)29-36-25-11-12-26(38-16-4-15-34-38)37-30(25)39(29)21-8-9-22-19(17-21)7-10-24(22)35-27(40)18-20-5-1-2-13-32-20/h1-6,8-9,11-17,24H,7,10,18H2,(H2,31,33)(H,35,40). The summed E-state index contributed by atoms with van der Waals surface area (Å²) < 4.78 is 3.73. The predicted octanol–water partition coefficient (Wildman–Crippen LogP) is 3.99. The Morgan fingerprint density at radius 2 is 1.90 bits per heavy atom. The summed E-state index contributed by atoms with van der Waals surface area (Å²) in [7, 11) is 0. The number of aryl methyl sites for hydroxylation is 1. The zero-order valence-electron chi connectivity index (χ0n) is 21.5. The second kappa shape index (κ2) is 9.73. The van der Waals surface area contributed by atoms with Crippen LogP contribution in [-0.4, -0.2) is 40.2 Å². The smallest absolute Gasteiger partial charge is 0.226 e. The molecule has 1 aliphatic rings. The molecule has 5 heterocycles. The number of hydrogen-bond donors (Lipinski definition) is 2. The van der Waals surface area contributed by atoms with Crippen LogP contribution in [0.15, 0.2) is 91.5 Å². The lowest BCUT2D eigenvalue weighted by Crippen LogP contribution is -2.28. The second-order valence-electron chi connectivity index (χ2n) is 9.71. The quantitative estimate of drug-likeness (QED) is 0.335. The molecule has 7 rings (SSSR count). The van der Waals surface area contributed by atoms with E-state index in [-0.39, 0.29) is 18.4 Å². The number of nitrogen functional groups attached to an aromatic ring is 1. The summed E-state index contributed by atoms with van der Waals surface area (Å²) in [6, 6.07) is 21.3. The minimum atomic E-state index is -0.0437. The van der Waals surface area contributed by atoms with E-state index in [2.05, 4.69) is 32.5 Å². The molecule has 10 nitrogen and oxygen atoms in total. The Morgan fingerprint density at radius 3 is 2.73 bits per heavy atom. The van der Waals surface area contributed by atoms with Gasteiger partial charge in [0.1, 0.15) is 11.3 Å². The molecule has 0 bridgehead atoms. The molecule has 5 aromatic heterocycles. The third kappa shape index (κ3) is 4.25. The van der Waals surface area contributed by atoms with Crippen LogP contribution < -0.4 is 11.1 Å². The van der Waals surface area contributed by atoms with Crippen molar-refractivity contribution in [2.24, 2.45) is 0 Å². The van der Waals surface area contributed by atoms with Crippen molar-refractivity contribution in [3.8, 4) is 22.9 Å². The molecule has 6 aromatic rings. The molecule has 1 unspecified atom stereocenters. The first-order valence-corrected chi connectivity index (χ1v) is 13.1. The SMILES string of the molecule is Nc1ncccc1-c1nc2ccc(-n3cccn3)nc2n1-c1ccc2c(c1)CCC2NC(=O)Cc1ccccn1. The molecule has 0 saturated heterocycles. The van der Waals surface area contributed by atoms with E-state index >= 15 is 0 Å². The number of fused-ring (bicyclic) bond motifs is 2. The molecular weight excluding hydrogens is 502 g/mol. The summed E-state index contributed by atoms with van der Waals surface area (Å²) >= 11 is 0. The summed E-state index contributed by atoms with van der Waals surface area (Å²) in [5.74, 6) is 1.69. The van der Waals surface area contributed by atoms with Crippen molar-refractivity contribution in [1.29, 1.82) is 0 Å². The fourth-order valence-corrected chi connectivity index (χ4v) is 5.32. The third-order valence-electron chi connectivity index (χ3n) is 7.17. The van der Waals surface area contributed by atoms with Crippen LogP contribution in [0, 0.1) is 0 Å². The number of imidazole rings is 1. The summed E-state index contributed by atoms with van der Waals surface area (Å²) in [4.78, 5) is 31.2. The number of carbonyl (C=O) groups is 1. The second-order valence-corrected chi connectivity index (χ2v) is 9.71. The van der Waals surface area contributed by atoms with Crippen molar-refractivity contribution in [2.75, 3.05) is 5.73 Å². The molecule has 0 spiro atoms. The number of amides is 1. The van der Waals surface area contributed by atoms with Crippen LogP contribution in [0.1, 0.15) is 29.3 Å². The number of nitrogens with zero attached hydrogens (tertiary/aromatic N) is 7. The summed E-state index contributed by atoms with van der Waals surface area (Å²) in [6.45, 7) is 0. The highest BCUT2D eigenvalue weighted by Gasteiger charge is 2.26. The van der Waals surface area contributed by atoms with Crippen LogP contribution in [-0.2, 0) is 17.6 Å². The van der Waals surface area contributed by atoms with E-state index in [4.69, 9.17) is 15.7 Å². The molecule has 1 atom stereocenters. The maximum atomic E-state index is 12.7. The maximum Gasteiger partial charge on any atom is 0.226 e. The minimum Gasteiger partial charge on any atom is -0.383 e. The number of aromatic nitrogens is 7. The average molecular weight is 528 g/mol. The molecule has 40 heavy (non-hydrogen) atoms. The van der Waals surface area contributed by atoms with Crippen LogP contribution in [0.4, 0.5) is 5.82 Å². The minimum absolute atomic E-state index is 0.0362. The van der Waals surface area contributed by atoms with E-state index in [1.165, 1.54) is 5.56 Å². The lowest BCUT2D eigenvalue weighted by molar-refractivity contribution is -0.121. The van der Waals surface area contributed by atoms with Gasteiger partial charge in [-0.15, -0.1) is 0 Å². The van der Waals surface area contributed by atoms with Gasteiger partial charge in [0.25, 0.3) is 0 Å². The van der Waals surface area contributed by atoms with Crippen LogP contribution in [0.5, 0.6) is 0 Å². The van der Waals surface area contributed by atoms with Crippen molar-refractivity contribution in [3.63, 3.8) is 0 Å². The van der Waals surface area contributed by atoms with Crippen molar-refractivity contribution >= 4 is 22.9 Å². The van der Waals surface area contributed by atoms with Gasteiger partial charge in [0.15, 0.2) is 17.3 Å². The van der Waals surface area contributed by atoms with Gasteiger partial charge in [0.05, 0.1) is 18.0 Å². The van der Waals surface area contributed by atoms with Crippen LogP contribution in [0.2, 0.25) is 0 Å². The number of nitrogens with two attached hydrogens (primary N) is 1. The average Bonchev–Trinajstić information content (AvgIpc) is 3.72. The summed E-state index contributed by atoms with van der Waals surface area (Å²) in [6.07, 6.45) is 8.88. The van der Waals surface area contributed by atoms with E-state index in [0.29, 0.717) is 23.1 Å². The Hall–Kier alpha value is -5.38. The number of rotatable bonds is 6. The molecule has 1 aliphatic carbocycles. The number of hydrogen-bond acceptors (Lipinski definition) is 7. The lowest BCUT2D eigenvalue weighted by Gasteiger charge is -2.16. The topological polar surface area (TPSA) is 129 Å². The molecule has 1 aromatic carbocycles. The number of carbonyl (C=O) groups excluding carboxylic acids is 1. The molecule has 0 radical (unpaired) electrons. The normalized spacial score (nSPS) is 14.3. The Labute approximate surface area is 229 Å². The van der Waals surface area contributed by atoms with Gasteiger partial charge in [0.2, 0.25) is 5.91 Å². The first-order chi connectivity index (χ1) is 19.6. The van der Waals surface area contributed by atoms with E-state index in [1.54, 1.807) is 23.3 Å². The van der Waals surface area contributed by atoms with Gasteiger partial charge < -0.3 is 11.1 Å². The maximum absolute atomic E-state index is 12.7. The Bertz CT molecular complexity index is 1840. The number of benzene rings is 1. The Balaban J connectivity index is 1.28. The van der Waals surface area contributed by atoms with Crippen LogP contribution in [0.25, 0.3) is 34.1 Å². The van der Waals surface area contributed by atoms with Crippen molar-refractivity contribution in [3.05, 3.63) is 108 Å². The Kier molecular flexibility index (Phi) is 5.77. The first-order valence-electron chi connectivity index (χ1n) is 13.1. The number of pyridine rings is 3. The van der Waals surface area contributed by atoms with Gasteiger partial charge >= 0.3 is 0 Å². The Morgan fingerprint density at radius 1 is 0.975 bits per heavy atom. The highest BCUT2D eigenvalue weighted by Crippen LogP contribution is 2.36. The van der Waals surface area contributed by atoms with Crippen molar-refractivity contribution < 1.29 is 4.79 Å². The lowest BCUT2D eigenvalue weighted by atomic mass is 10.1. The molecule has 10 heteroatoms. The third-order valence-corrected chi connectivity index (χ3v) is 7.17. The highest BCUT2D eigenvalue weighted by molar-refractivity contribution is 5.83. The molecule has 0 aliphatic heterocycles.